The van der Waals surface area contributed by atoms with Crippen LogP contribution in [0.5, 0.6) is 0 Å². The number of carboxylic acid groups (broad SMARTS) is 2. The van der Waals surface area contributed by atoms with Gasteiger partial charge in [-0.25, -0.2) is 9.59 Å². The number of unbranched alkanes of at least 4 members (excludes halogenated alkanes) is 2. The molecule has 0 aromatic heterocycles. The van der Waals surface area contributed by atoms with Crippen LogP contribution in [0.3, 0.4) is 0 Å². The van der Waals surface area contributed by atoms with Crippen molar-refractivity contribution < 1.29 is 24.5 Å². The Kier molecular flexibility index (Phi) is 4.42. The molecule has 2 bridgehead atoms. The first-order valence-corrected chi connectivity index (χ1v) is 7.84. The molecule has 2 unspecified atom stereocenters. The summed E-state index contributed by atoms with van der Waals surface area (Å²) in [5.74, 6) is -2.27. The zero-order valence-electron chi connectivity index (χ0n) is 12.8. The molecule has 21 heavy (non-hydrogen) atoms. The minimum absolute atomic E-state index is 0.00537. The van der Waals surface area contributed by atoms with Crippen molar-refractivity contribution in [2.45, 2.75) is 76.4 Å². The Morgan fingerprint density at radius 1 is 0.952 bits per heavy atom. The lowest BCUT2D eigenvalue weighted by atomic mass is 9.73. The largest absolute Gasteiger partial charge is 0.478 e. The Hall–Kier alpha value is -1.36. The van der Waals surface area contributed by atoms with Gasteiger partial charge in [-0.3, -0.25) is 0 Å². The van der Waals surface area contributed by atoms with Crippen LogP contribution in [0.2, 0.25) is 0 Å². The van der Waals surface area contributed by atoms with Crippen molar-refractivity contribution in [2.75, 3.05) is 0 Å². The molecule has 2 aliphatic heterocycles. The van der Waals surface area contributed by atoms with Gasteiger partial charge in [-0.2, -0.15) is 0 Å². The first kappa shape index (κ1) is 16.0. The summed E-state index contributed by atoms with van der Waals surface area (Å²) in [7, 11) is 0. The molecule has 5 heteroatoms. The van der Waals surface area contributed by atoms with Crippen LogP contribution < -0.4 is 0 Å². The van der Waals surface area contributed by atoms with Crippen LogP contribution in [0.1, 0.15) is 65.2 Å². The van der Waals surface area contributed by atoms with E-state index in [1.54, 1.807) is 0 Å². The van der Waals surface area contributed by atoms with Crippen LogP contribution in [0, 0.1) is 0 Å². The van der Waals surface area contributed by atoms with Gasteiger partial charge in [0.25, 0.3) is 0 Å². The fourth-order valence-electron chi connectivity index (χ4n) is 3.82. The summed E-state index contributed by atoms with van der Waals surface area (Å²) in [5, 5.41) is 19.1. The Balaban J connectivity index is 2.47. The van der Waals surface area contributed by atoms with E-state index >= 15 is 0 Å². The van der Waals surface area contributed by atoms with E-state index in [9.17, 15) is 19.8 Å². The van der Waals surface area contributed by atoms with Crippen LogP contribution in [-0.2, 0) is 14.3 Å². The summed E-state index contributed by atoms with van der Waals surface area (Å²) >= 11 is 0. The molecule has 0 aromatic rings. The van der Waals surface area contributed by atoms with Crippen LogP contribution in [0.4, 0.5) is 0 Å². The zero-order chi connectivity index (χ0) is 15.7. The lowest BCUT2D eigenvalue weighted by Crippen LogP contribution is -2.34. The summed E-state index contributed by atoms with van der Waals surface area (Å²) in [6, 6.07) is 0. The Labute approximate surface area is 125 Å². The molecule has 0 aromatic carbocycles. The molecule has 2 rings (SSSR count). The Bertz CT molecular complexity index is 439. The number of hydrogen-bond donors (Lipinski definition) is 2. The molecule has 2 aliphatic rings. The van der Waals surface area contributed by atoms with Gasteiger partial charge >= 0.3 is 11.9 Å². The highest BCUT2D eigenvalue weighted by Crippen LogP contribution is 2.58. The maximum atomic E-state index is 11.7. The van der Waals surface area contributed by atoms with E-state index in [2.05, 4.69) is 0 Å². The van der Waals surface area contributed by atoms with Crippen molar-refractivity contribution in [1.29, 1.82) is 0 Å². The van der Waals surface area contributed by atoms with E-state index in [1.807, 2.05) is 13.8 Å². The average Bonchev–Trinajstić information content (AvgIpc) is 2.94. The number of hydrogen-bond acceptors (Lipinski definition) is 3. The number of carbonyl (C=O) groups is 2. The van der Waals surface area contributed by atoms with Gasteiger partial charge in [-0.1, -0.05) is 39.5 Å². The van der Waals surface area contributed by atoms with Crippen LogP contribution >= 0.6 is 0 Å². The zero-order valence-corrected chi connectivity index (χ0v) is 12.8. The molecule has 2 heterocycles. The van der Waals surface area contributed by atoms with Gasteiger partial charge in [-0.15, -0.1) is 0 Å². The van der Waals surface area contributed by atoms with Crippen molar-refractivity contribution in [2.24, 2.45) is 0 Å². The second kappa shape index (κ2) is 5.79. The Morgan fingerprint density at radius 3 is 1.62 bits per heavy atom. The molecule has 0 saturated carbocycles. The fraction of sp³-hybridized carbons (Fsp3) is 0.750. The smallest absolute Gasteiger partial charge is 0.335 e. The summed E-state index contributed by atoms with van der Waals surface area (Å²) in [6.45, 7) is 4.07. The third-order valence-corrected chi connectivity index (χ3v) is 4.78. The fourth-order valence-corrected chi connectivity index (χ4v) is 3.82. The number of ether oxygens (including phenoxy) is 1. The molecular formula is C16H24O5. The highest BCUT2D eigenvalue weighted by molar-refractivity contribution is 6.03. The second-order valence-electron chi connectivity index (χ2n) is 6.16. The SMILES string of the molecule is CCCCC12CCC(CCCC)(O1)C(C(=O)O)=C2C(=O)O. The van der Waals surface area contributed by atoms with Crippen molar-refractivity contribution in [3.63, 3.8) is 0 Å². The van der Waals surface area contributed by atoms with Gasteiger partial charge in [-0.05, 0) is 25.7 Å². The normalized spacial score (nSPS) is 31.0. The predicted molar refractivity (Wildman–Crippen MR) is 77.1 cm³/mol. The number of aliphatic carboxylic acids is 2. The first-order valence-electron chi connectivity index (χ1n) is 7.84. The lowest BCUT2D eigenvalue weighted by Gasteiger charge is -2.26. The summed E-state index contributed by atoms with van der Waals surface area (Å²) in [6.07, 6.45) is 5.97. The maximum absolute atomic E-state index is 11.7. The van der Waals surface area contributed by atoms with E-state index in [4.69, 9.17) is 4.74 Å². The van der Waals surface area contributed by atoms with Crippen LogP contribution in [0.15, 0.2) is 11.1 Å². The quantitative estimate of drug-likeness (QED) is 0.719. The molecule has 5 nitrogen and oxygen atoms in total. The first-order chi connectivity index (χ1) is 9.92. The lowest BCUT2D eigenvalue weighted by molar-refractivity contribution is -0.136. The van der Waals surface area contributed by atoms with Crippen molar-refractivity contribution in [3.05, 3.63) is 11.1 Å². The standard InChI is InChI=1S/C16H24O5/c1-3-5-7-15-9-10-16(21-15,8-6-4-2)12(14(19)20)11(15)13(17)18/h3-10H2,1-2H3,(H,17,18)(H,19,20). The van der Waals surface area contributed by atoms with Gasteiger partial charge in [0.2, 0.25) is 0 Å². The highest BCUT2D eigenvalue weighted by Gasteiger charge is 2.63. The number of rotatable bonds is 8. The summed E-state index contributed by atoms with van der Waals surface area (Å²) in [5.41, 5.74) is -1.76. The molecule has 1 saturated heterocycles. The second-order valence-corrected chi connectivity index (χ2v) is 6.16. The van der Waals surface area contributed by atoms with E-state index in [0.717, 1.165) is 25.7 Å². The van der Waals surface area contributed by atoms with E-state index in [-0.39, 0.29) is 11.1 Å². The van der Waals surface area contributed by atoms with Crippen molar-refractivity contribution >= 4 is 11.9 Å². The summed E-state index contributed by atoms with van der Waals surface area (Å²) in [4.78, 5) is 23.4. The third kappa shape index (κ3) is 2.48. The van der Waals surface area contributed by atoms with E-state index in [1.165, 1.54) is 0 Å². The number of carboxylic acids is 2. The van der Waals surface area contributed by atoms with Gasteiger partial charge in [0, 0.05) is 0 Å². The maximum Gasteiger partial charge on any atom is 0.335 e. The van der Waals surface area contributed by atoms with Crippen molar-refractivity contribution in [1.82, 2.24) is 0 Å². The Morgan fingerprint density at radius 2 is 1.33 bits per heavy atom. The van der Waals surface area contributed by atoms with Gasteiger partial charge in [0.15, 0.2) is 0 Å². The van der Waals surface area contributed by atoms with E-state index in [0.29, 0.717) is 25.7 Å². The number of fused-ring (bicyclic) bond motifs is 2. The molecule has 0 radical (unpaired) electrons. The molecular weight excluding hydrogens is 272 g/mol. The third-order valence-electron chi connectivity index (χ3n) is 4.78. The minimum Gasteiger partial charge on any atom is -0.478 e. The molecule has 118 valence electrons. The monoisotopic (exact) mass is 296 g/mol. The molecule has 2 N–H and O–H groups in total. The molecule has 0 spiro atoms. The predicted octanol–water partition coefficient (Wildman–Crippen LogP) is 3.13. The molecule has 0 aliphatic carbocycles. The molecule has 0 amide bonds. The van der Waals surface area contributed by atoms with Crippen molar-refractivity contribution in [3.8, 4) is 0 Å². The summed E-state index contributed by atoms with van der Waals surface area (Å²) < 4.78 is 6.16. The molecule has 1 fully saturated rings. The minimum atomic E-state index is -1.14. The molecule has 2 atom stereocenters. The topological polar surface area (TPSA) is 83.8 Å². The average molecular weight is 296 g/mol. The van der Waals surface area contributed by atoms with E-state index < -0.39 is 23.1 Å². The van der Waals surface area contributed by atoms with Crippen LogP contribution in [-0.4, -0.2) is 33.4 Å². The highest BCUT2D eigenvalue weighted by atomic mass is 16.5. The van der Waals surface area contributed by atoms with Gasteiger partial charge < -0.3 is 14.9 Å². The van der Waals surface area contributed by atoms with Gasteiger partial charge in [0.1, 0.15) is 11.2 Å². The van der Waals surface area contributed by atoms with Crippen LogP contribution in [0.25, 0.3) is 0 Å². The van der Waals surface area contributed by atoms with Gasteiger partial charge in [0.05, 0.1) is 11.1 Å².